The molecule has 7 heteroatoms. The van der Waals surface area contributed by atoms with Crippen molar-refractivity contribution in [3.8, 4) is 0 Å². The first-order valence-corrected chi connectivity index (χ1v) is 9.92. The van der Waals surface area contributed by atoms with Gasteiger partial charge in [-0.3, -0.25) is 4.79 Å². The van der Waals surface area contributed by atoms with Crippen molar-refractivity contribution < 1.29 is 14.3 Å². The van der Waals surface area contributed by atoms with Crippen molar-refractivity contribution in [2.75, 3.05) is 42.6 Å². The summed E-state index contributed by atoms with van der Waals surface area (Å²) >= 11 is 0. The molecule has 1 aromatic carbocycles. The van der Waals surface area contributed by atoms with Gasteiger partial charge in [-0.1, -0.05) is 18.2 Å². The van der Waals surface area contributed by atoms with Gasteiger partial charge in [-0.15, -0.1) is 0 Å². The van der Waals surface area contributed by atoms with Gasteiger partial charge >= 0.3 is 0 Å². The number of piperidine rings is 1. The maximum absolute atomic E-state index is 13.2. The number of amides is 1. The first-order chi connectivity index (χ1) is 13.6. The van der Waals surface area contributed by atoms with Crippen molar-refractivity contribution in [2.24, 2.45) is 0 Å². The summed E-state index contributed by atoms with van der Waals surface area (Å²) in [5.41, 5.74) is 2.65. The summed E-state index contributed by atoms with van der Waals surface area (Å²) in [7, 11) is 0. The molecule has 2 fully saturated rings. The van der Waals surface area contributed by atoms with Crippen LogP contribution in [0.5, 0.6) is 0 Å². The van der Waals surface area contributed by atoms with E-state index < -0.39 is 5.79 Å². The Morgan fingerprint density at radius 3 is 2.61 bits per heavy atom. The summed E-state index contributed by atoms with van der Waals surface area (Å²) in [6, 6.07) is 9.89. The van der Waals surface area contributed by atoms with Crippen molar-refractivity contribution in [1.29, 1.82) is 0 Å². The molecule has 0 unspecified atom stereocenters. The van der Waals surface area contributed by atoms with Crippen LogP contribution in [-0.2, 0) is 15.9 Å². The molecule has 7 nitrogen and oxygen atoms in total. The monoisotopic (exact) mass is 380 g/mol. The number of anilines is 2. The summed E-state index contributed by atoms with van der Waals surface area (Å²) in [5.74, 6) is 0.932. The standard InChI is InChI=1S/C21H24N4O3/c1-15-22-17(20(26)25-9-6-16-4-2-3-5-18(16)25)14-19(23-15)24-10-7-21(8-11-24)27-12-13-28-21/h2-5,14H,6-13H2,1H3. The smallest absolute Gasteiger partial charge is 0.277 e. The number of para-hydroxylation sites is 1. The Kier molecular flexibility index (Phi) is 4.29. The Bertz CT molecular complexity index is 900. The molecule has 0 saturated carbocycles. The molecule has 0 N–H and O–H groups in total. The summed E-state index contributed by atoms with van der Waals surface area (Å²) in [6.07, 6.45) is 2.49. The number of aromatic nitrogens is 2. The number of hydrogen-bond acceptors (Lipinski definition) is 6. The fourth-order valence-electron chi connectivity index (χ4n) is 4.37. The maximum Gasteiger partial charge on any atom is 0.277 e. The molecule has 2 aromatic rings. The molecule has 28 heavy (non-hydrogen) atoms. The summed E-state index contributed by atoms with van der Waals surface area (Å²) in [5, 5.41) is 0. The van der Waals surface area contributed by atoms with E-state index in [1.165, 1.54) is 5.56 Å². The molecule has 146 valence electrons. The molecule has 3 aliphatic rings. The van der Waals surface area contributed by atoms with E-state index in [9.17, 15) is 4.79 Å². The zero-order valence-corrected chi connectivity index (χ0v) is 16.1. The van der Waals surface area contributed by atoms with Crippen LogP contribution in [0.3, 0.4) is 0 Å². The minimum Gasteiger partial charge on any atom is -0.356 e. The van der Waals surface area contributed by atoms with E-state index in [2.05, 4.69) is 20.9 Å². The van der Waals surface area contributed by atoms with Crippen molar-refractivity contribution in [3.05, 3.63) is 47.4 Å². The van der Waals surface area contributed by atoms with E-state index in [1.807, 2.05) is 36.1 Å². The molecule has 0 aliphatic carbocycles. The van der Waals surface area contributed by atoms with Crippen LogP contribution in [0.2, 0.25) is 0 Å². The van der Waals surface area contributed by atoms with Crippen LogP contribution in [0.25, 0.3) is 0 Å². The van der Waals surface area contributed by atoms with Gasteiger partial charge in [0.05, 0.1) is 13.2 Å². The highest BCUT2D eigenvalue weighted by atomic mass is 16.7. The fourth-order valence-corrected chi connectivity index (χ4v) is 4.37. The molecule has 0 bridgehead atoms. The van der Waals surface area contributed by atoms with E-state index in [-0.39, 0.29) is 5.91 Å². The van der Waals surface area contributed by atoms with Gasteiger partial charge in [0.25, 0.3) is 5.91 Å². The van der Waals surface area contributed by atoms with E-state index in [1.54, 1.807) is 0 Å². The SMILES string of the molecule is Cc1nc(C(=O)N2CCc3ccccc32)cc(N2CCC3(CC2)OCCO3)n1. The molecule has 0 atom stereocenters. The van der Waals surface area contributed by atoms with Crippen LogP contribution in [0, 0.1) is 6.92 Å². The van der Waals surface area contributed by atoms with E-state index in [4.69, 9.17) is 9.47 Å². The molecular formula is C21H24N4O3. The quantitative estimate of drug-likeness (QED) is 0.797. The minimum atomic E-state index is -0.420. The number of hydrogen-bond donors (Lipinski definition) is 0. The normalized spacial score (nSPS) is 20.6. The van der Waals surface area contributed by atoms with Gasteiger partial charge in [-0.05, 0) is 25.0 Å². The molecule has 1 aromatic heterocycles. The van der Waals surface area contributed by atoms with Crippen LogP contribution in [0.15, 0.2) is 30.3 Å². The summed E-state index contributed by atoms with van der Waals surface area (Å²) < 4.78 is 11.6. The lowest BCUT2D eigenvalue weighted by Gasteiger charge is -2.38. The lowest BCUT2D eigenvalue weighted by Crippen LogP contribution is -2.45. The van der Waals surface area contributed by atoms with Gasteiger partial charge in [0.2, 0.25) is 0 Å². The molecule has 4 heterocycles. The molecule has 1 amide bonds. The summed E-state index contributed by atoms with van der Waals surface area (Å²) in [6.45, 7) is 5.45. The van der Waals surface area contributed by atoms with Gasteiger partial charge in [-0.2, -0.15) is 0 Å². The van der Waals surface area contributed by atoms with Crippen LogP contribution in [0.1, 0.15) is 34.7 Å². The average molecular weight is 380 g/mol. The number of benzene rings is 1. The maximum atomic E-state index is 13.2. The second kappa shape index (κ2) is 6.83. The van der Waals surface area contributed by atoms with Gasteiger partial charge in [0, 0.05) is 44.2 Å². The van der Waals surface area contributed by atoms with Crippen molar-refractivity contribution in [2.45, 2.75) is 32.0 Å². The number of carbonyl (C=O) groups excluding carboxylic acids is 1. The van der Waals surface area contributed by atoms with Crippen molar-refractivity contribution in [3.63, 3.8) is 0 Å². The zero-order valence-electron chi connectivity index (χ0n) is 16.1. The van der Waals surface area contributed by atoms with Gasteiger partial charge < -0.3 is 19.3 Å². The topological polar surface area (TPSA) is 67.8 Å². The molecule has 1 spiro atoms. The highest BCUT2D eigenvalue weighted by Gasteiger charge is 2.40. The average Bonchev–Trinajstić information content (AvgIpc) is 3.35. The van der Waals surface area contributed by atoms with Gasteiger partial charge in [0.15, 0.2) is 5.79 Å². The predicted octanol–water partition coefficient (Wildman–Crippen LogP) is 2.33. The van der Waals surface area contributed by atoms with E-state index >= 15 is 0 Å². The van der Waals surface area contributed by atoms with Crippen LogP contribution >= 0.6 is 0 Å². The van der Waals surface area contributed by atoms with Crippen LogP contribution in [-0.4, -0.2) is 54.5 Å². The largest absolute Gasteiger partial charge is 0.356 e. The molecule has 3 aliphatic heterocycles. The Balaban J connectivity index is 1.37. The van der Waals surface area contributed by atoms with E-state index in [0.29, 0.717) is 31.3 Å². The van der Waals surface area contributed by atoms with E-state index in [0.717, 1.165) is 43.9 Å². The highest BCUT2D eigenvalue weighted by molar-refractivity contribution is 6.06. The third-order valence-corrected chi connectivity index (χ3v) is 5.84. The molecular weight excluding hydrogens is 356 g/mol. The first-order valence-electron chi connectivity index (χ1n) is 9.92. The first kappa shape index (κ1) is 17.6. The fraction of sp³-hybridized carbons (Fsp3) is 0.476. The van der Waals surface area contributed by atoms with Crippen molar-refractivity contribution in [1.82, 2.24) is 9.97 Å². The Hall–Kier alpha value is -2.51. The minimum absolute atomic E-state index is 0.0624. The van der Waals surface area contributed by atoms with Gasteiger partial charge in [0.1, 0.15) is 17.3 Å². The number of ether oxygens (including phenoxy) is 2. The zero-order chi connectivity index (χ0) is 19.1. The lowest BCUT2D eigenvalue weighted by atomic mass is 10.0. The highest BCUT2D eigenvalue weighted by Crippen LogP contribution is 2.33. The Morgan fingerprint density at radius 1 is 1.07 bits per heavy atom. The van der Waals surface area contributed by atoms with Crippen LogP contribution in [0.4, 0.5) is 11.5 Å². The van der Waals surface area contributed by atoms with Gasteiger partial charge in [-0.25, -0.2) is 9.97 Å². The number of carbonyl (C=O) groups is 1. The number of fused-ring (bicyclic) bond motifs is 1. The second-order valence-electron chi connectivity index (χ2n) is 7.59. The number of aryl methyl sites for hydroxylation is 1. The van der Waals surface area contributed by atoms with Crippen LogP contribution < -0.4 is 9.80 Å². The second-order valence-corrected chi connectivity index (χ2v) is 7.59. The molecule has 0 radical (unpaired) electrons. The molecule has 2 saturated heterocycles. The molecule has 5 rings (SSSR count). The summed E-state index contributed by atoms with van der Waals surface area (Å²) in [4.78, 5) is 26.2. The lowest BCUT2D eigenvalue weighted by molar-refractivity contribution is -0.169. The Morgan fingerprint density at radius 2 is 1.82 bits per heavy atom. The number of nitrogens with zero attached hydrogens (tertiary/aromatic N) is 4. The predicted molar refractivity (Wildman–Crippen MR) is 105 cm³/mol. The third-order valence-electron chi connectivity index (χ3n) is 5.84. The third kappa shape index (κ3) is 3.04. The van der Waals surface area contributed by atoms with Crippen molar-refractivity contribution >= 4 is 17.4 Å². The number of rotatable bonds is 2. The Labute approximate surface area is 164 Å².